The highest BCUT2D eigenvalue weighted by molar-refractivity contribution is 7.98. The number of carboxylic acids is 1. The number of aliphatic carboxylic acids is 1. The van der Waals surface area contributed by atoms with Gasteiger partial charge in [-0.25, -0.2) is 4.79 Å². The van der Waals surface area contributed by atoms with E-state index >= 15 is 0 Å². The molecule has 31 heavy (non-hydrogen) atoms. The fourth-order valence-corrected chi connectivity index (χ4v) is 4.58. The quantitative estimate of drug-likeness (QED) is 0.358. The highest BCUT2D eigenvalue weighted by Crippen LogP contribution is 2.20. The molecule has 9 nitrogen and oxygen atoms in total. The van der Waals surface area contributed by atoms with E-state index in [2.05, 4.69) is 16.0 Å². The fraction of sp³-hybridized carbons (Fsp3) is 0.810. The molecule has 0 saturated carbocycles. The summed E-state index contributed by atoms with van der Waals surface area (Å²) in [6, 6.07) is -2.71. The zero-order valence-corrected chi connectivity index (χ0v) is 19.5. The minimum Gasteiger partial charge on any atom is -0.480 e. The predicted octanol–water partition coefficient (Wildman–Crippen LogP) is 0.583. The van der Waals surface area contributed by atoms with Crippen LogP contribution < -0.4 is 16.0 Å². The van der Waals surface area contributed by atoms with Crippen LogP contribution in [0, 0.1) is 5.92 Å². The highest BCUT2D eigenvalue weighted by Gasteiger charge is 2.39. The lowest BCUT2D eigenvalue weighted by atomic mass is 9.97. The summed E-state index contributed by atoms with van der Waals surface area (Å²) in [5.41, 5.74) is 0. The van der Waals surface area contributed by atoms with Crippen molar-refractivity contribution in [2.45, 2.75) is 76.5 Å². The van der Waals surface area contributed by atoms with Gasteiger partial charge in [-0.2, -0.15) is 11.8 Å². The summed E-state index contributed by atoms with van der Waals surface area (Å²) in [5, 5.41) is 18.3. The molecule has 10 heteroatoms. The molecule has 0 aromatic heterocycles. The Balaban J connectivity index is 2.12. The molecule has 2 fully saturated rings. The third kappa shape index (κ3) is 6.83. The number of amides is 3. The van der Waals surface area contributed by atoms with Gasteiger partial charge in [-0.15, -0.1) is 0 Å². The van der Waals surface area contributed by atoms with Gasteiger partial charge in [-0.3, -0.25) is 14.4 Å². The number of carbonyl (C=O) groups excluding carboxylic acids is 3. The van der Waals surface area contributed by atoms with Crippen molar-refractivity contribution in [3.05, 3.63) is 0 Å². The number of carbonyl (C=O) groups is 4. The van der Waals surface area contributed by atoms with Crippen LogP contribution in [0.1, 0.15) is 52.4 Å². The van der Waals surface area contributed by atoms with Gasteiger partial charge in [0, 0.05) is 6.54 Å². The molecule has 0 spiro atoms. The number of nitrogens with one attached hydrogen (secondary N) is 3. The summed E-state index contributed by atoms with van der Waals surface area (Å²) in [7, 11) is 0. The van der Waals surface area contributed by atoms with Gasteiger partial charge < -0.3 is 26.0 Å². The molecule has 176 valence electrons. The monoisotopic (exact) mass is 456 g/mol. The van der Waals surface area contributed by atoms with Gasteiger partial charge >= 0.3 is 5.97 Å². The van der Waals surface area contributed by atoms with E-state index in [4.69, 9.17) is 0 Å². The molecule has 0 radical (unpaired) electrons. The van der Waals surface area contributed by atoms with Gasteiger partial charge in [0.2, 0.25) is 17.7 Å². The Kier molecular flexibility index (Phi) is 10.1. The molecular formula is C21H36N4O5S. The third-order valence-corrected chi connectivity index (χ3v) is 6.86. The van der Waals surface area contributed by atoms with Crippen molar-refractivity contribution in [2.75, 3.05) is 25.1 Å². The molecule has 3 amide bonds. The van der Waals surface area contributed by atoms with Crippen LogP contribution >= 0.6 is 11.8 Å². The number of nitrogens with zero attached hydrogens (tertiary/aromatic N) is 1. The average molecular weight is 457 g/mol. The molecule has 2 heterocycles. The van der Waals surface area contributed by atoms with Crippen LogP contribution in [0.3, 0.4) is 0 Å². The molecule has 0 aromatic rings. The van der Waals surface area contributed by atoms with E-state index in [-0.39, 0.29) is 23.8 Å². The number of likely N-dealkylation sites (tertiary alicyclic amines) is 1. The van der Waals surface area contributed by atoms with Crippen LogP contribution in [0.2, 0.25) is 0 Å². The summed E-state index contributed by atoms with van der Waals surface area (Å²) >= 11 is 1.55. The lowest BCUT2D eigenvalue weighted by Gasteiger charge is -2.30. The molecule has 0 bridgehead atoms. The van der Waals surface area contributed by atoms with Crippen LogP contribution in [0.25, 0.3) is 0 Å². The first-order valence-corrected chi connectivity index (χ1v) is 12.6. The normalized spacial score (nSPS) is 23.8. The van der Waals surface area contributed by atoms with Crippen molar-refractivity contribution < 1.29 is 24.3 Å². The maximum atomic E-state index is 13.2. The van der Waals surface area contributed by atoms with Gasteiger partial charge in [0.05, 0.1) is 6.04 Å². The molecule has 0 aliphatic carbocycles. The van der Waals surface area contributed by atoms with Crippen molar-refractivity contribution >= 4 is 35.5 Å². The minimum atomic E-state index is -1.02. The second kappa shape index (κ2) is 12.3. The molecule has 2 aliphatic rings. The Labute approximate surface area is 188 Å². The summed E-state index contributed by atoms with van der Waals surface area (Å²) in [4.78, 5) is 51.8. The number of rotatable bonds is 11. The second-order valence-electron chi connectivity index (χ2n) is 8.39. The Morgan fingerprint density at radius 1 is 1.19 bits per heavy atom. The number of thioether (sulfide) groups is 1. The smallest absolute Gasteiger partial charge is 0.326 e. The van der Waals surface area contributed by atoms with Gasteiger partial charge in [0.1, 0.15) is 18.1 Å². The molecular weight excluding hydrogens is 420 g/mol. The lowest BCUT2D eigenvalue weighted by Crippen LogP contribution is -2.58. The van der Waals surface area contributed by atoms with Crippen LogP contribution in [0.15, 0.2) is 0 Å². The number of hydrogen-bond acceptors (Lipinski definition) is 6. The van der Waals surface area contributed by atoms with Gasteiger partial charge in [-0.1, -0.05) is 20.3 Å². The zero-order valence-electron chi connectivity index (χ0n) is 18.7. The van der Waals surface area contributed by atoms with Crippen molar-refractivity contribution in [3.8, 4) is 0 Å². The maximum absolute atomic E-state index is 13.2. The first-order chi connectivity index (χ1) is 14.8. The Hall–Kier alpha value is -1.81. The highest BCUT2D eigenvalue weighted by atomic mass is 32.2. The van der Waals surface area contributed by atoms with Crippen LogP contribution in [-0.4, -0.2) is 83.0 Å². The van der Waals surface area contributed by atoms with Gasteiger partial charge in [-0.05, 0) is 56.6 Å². The average Bonchev–Trinajstić information content (AvgIpc) is 3.45. The molecule has 0 aromatic carbocycles. The van der Waals surface area contributed by atoms with E-state index in [1.165, 1.54) is 4.90 Å². The van der Waals surface area contributed by atoms with Crippen LogP contribution in [0.5, 0.6) is 0 Å². The van der Waals surface area contributed by atoms with E-state index < -0.39 is 30.0 Å². The van der Waals surface area contributed by atoms with E-state index in [9.17, 15) is 24.3 Å². The minimum absolute atomic E-state index is 0.111. The predicted molar refractivity (Wildman–Crippen MR) is 120 cm³/mol. The first kappa shape index (κ1) is 25.5. The largest absolute Gasteiger partial charge is 0.480 e. The van der Waals surface area contributed by atoms with Crippen molar-refractivity contribution in [1.82, 2.24) is 20.9 Å². The summed E-state index contributed by atoms with van der Waals surface area (Å²) in [6.45, 7) is 5.00. The summed E-state index contributed by atoms with van der Waals surface area (Å²) in [6.07, 6.45) is 5.71. The fourth-order valence-electron chi connectivity index (χ4n) is 4.11. The molecule has 4 N–H and O–H groups in total. The molecule has 2 rings (SSSR count). The number of carboxylic acid groups (broad SMARTS) is 1. The Bertz CT molecular complexity index is 656. The summed E-state index contributed by atoms with van der Waals surface area (Å²) in [5.74, 6) is -1.44. The van der Waals surface area contributed by atoms with Crippen LogP contribution in [-0.2, 0) is 19.2 Å². The maximum Gasteiger partial charge on any atom is 0.326 e. The topological polar surface area (TPSA) is 128 Å². The van der Waals surface area contributed by atoms with E-state index in [0.717, 1.165) is 19.4 Å². The lowest BCUT2D eigenvalue weighted by molar-refractivity contribution is -0.149. The molecule has 2 aliphatic heterocycles. The van der Waals surface area contributed by atoms with E-state index in [1.807, 2.05) is 20.1 Å². The second-order valence-corrected chi connectivity index (χ2v) is 9.38. The molecule has 2 saturated heterocycles. The standard InChI is InChI=1S/C21H36N4O5S/c1-4-13(2)17(24-18(26)14-7-5-10-22-14)19(27)23-15(9-12-31-3)20(28)25-11-6-8-16(25)21(29)30/h13-17,22H,4-12H2,1-3H3,(H,23,27)(H,24,26)(H,29,30). The van der Waals surface area contributed by atoms with Crippen LogP contribution in [0.4, 0.5) is 0 Å². The Morgan fingerprint density at radius 3 is 2.52 bits per heavy atom. The molecule has 5 atom stereocenters. The van der Waals surface area contributed by atoms with E-state index in [0.29, 0.717) is 38.0 Å². The third-order valence-electron chi connectivity index (χ3n) is 6.22. The number of hydrogen-bond donors (Lipinski definition) is 4. The SMILES string of the molecule is CCC(C)C(NC(=O)C1CCCN1)C(=O)NC(CCSC)C(=O)N1CCCC1C(=O)O. The van der Waals surface area contributed by atoms with Crippen molar-refractivity contribution in [1.29, 1.82) is 0 Å². The zero-order chi connectivity index (χ0) is 23.0. The van der Waals surface area contributed by atoms with Crippen molar-refractivity contribution in [3.63, 3.8) is 0 Å². The van der Waals surface area contributed by atoms with Crippen molar-refractivity contribution in [2.24, 2.45) is 5.92 Å². The van der Waals surface area contributed by atoms with E-state index in [1.54, 1.807) is 11.8 Å². The molecule has 5 unspecified atom stereocenters. The first-order valence-electron chi connectivity index (χ1n) is 11.2. The van der Waals surface area contributed by atoms with Gasteiger partial charge in [0.25, 0.3) is 0 Å². The Morgan fingerprint density at radius 2 is 1.94 bits per heavy atom. The summed E-state index contributed by atoms with van der Waals surface area (Å²) < 4.78 is 0. The van der Waals surface area contributed by atoms with Gasteiger partial charge in [0.15, 0.2) is 0 Å².